The summed E-state index contributed by atoms with van der Waals surface area (Å²) in [6.45, 7) is 0. The lowest BCUT2D eigenvalue weighted by Gasteiger charge is -2.39. The van der Waals surface area contributed by atoms with Crippen molar-refractivity contribution in [1.82, 2.24) is 9.97 Å². The van der Waals surface area contributed by atoms with Gasteiger partial charge in [-0.1, -0.05) is 0 Å². The van der Waals surface area contributed by atoms with Crippen molar-refractivity contribution >= 4 is 5.69 Å². The van der Waals surface area contributed by atoms with Gasteiger partial charge >= 0.3 is 0 Å². The third kappa shape index (κ3) is 1.21. The van der Waals surface area contributed by atoms with E-state index in [4.69, 9.17) is 10.5 Å². The highest BCUT2D eigenvalue weighted by Crippen LogP contribution is 2.42. The van der Waals surface area contributed by atoms with Crippen LogP contribution in [-0.4, -0.2) is 17.1 Å². The van der Waals surface area contributed by atoms with Crippen LogP contribution < -0.4 is 11.3 Å². The van der Waals surface area contributed by atoms with E-state index in [-0.39, 0.29) is 16.8 Å². The molecule has 0 aliphatic heterocycles. The van der Waals surface area contributed by atoms with E-state index in [2.05, 4.69) is 9.97 Å². The highest BCUT2D eigenvalue weighted by Gasteiger charge is 2.41. The summed E-state index contributed by atoms with van der Waals surface area (Å²) in [4.78, 5) is 18.0. The van der Waals surface area contributed by atoms with E-state index in [9.17, 15) is 4.79 Å². The van der Waals surface area contributed by atoms with Gasteiger partial charge in [0.05, 0.1) is 6.20 Å². The summed E-state index contributed by atoms with van der Waals surface area (Å²) in [6, 6.07) is 0. The fourth-order valence-electron chi connectivity index (χ4n) is 1.67. The molecule has 0 aromatic carbocycles. The van der Waals surface area contributed by atoms with Crippen LogP contribution in [0.2, 0.25) is 0 Å². The first kappa shape index (κ1) is 9.21. The van der Waals surface area contributed by atoms with Crippen LogP contribution in [-0.2, 0) is 10.3 Å². The van der Waals surface area contributed by atoms with Gasteiger partial charge in [0.15, 0.2) is 0 Å². The second-order valence-corrected chi connectivity index (χ2v) is 3.57. The molecule has 0 amide bonds. The average Bonchev–Trinajstić information content (AvgIpc) is 2.10. The molecule has 1 aromatic rings. The number of aromatic nitrogens is 2. The van der Waals surface area contributed by atoms with Crippen LogP contribution in [0.25, 0.3) is 0 Å². The summed E-state index contributed by atoms with van der Waals surface area (Å²) in [6.07, 6.45) is 4.28. The van der Waals surface area contributed by atoms with E-state index in [0.717, 1.165) is 19.3 Å². The smallest absolute Gasteiger partial charge is 0.274 e. The molecule has 0 atom stereocenters. The van der Waals surface area contributed by atoms with Gasteiger partial charge < -0.3 is 15.5 Å². The number of nitrogen functional groups attached to an aromatic ring is 1. The molecule has 1 fully saturated rings. The zero-order valence-electron chi connectivity index (χ0n) is 8.04. The average molecular weight is 195 g/mol. The minimum atomic E-state index is -0.382. The molecule has 1 aliphatic rings. The molecular weight excluding hydrogens is 182 g/mol. The molecular formula is C9H13N3O2. The van der Waals surface area contributed by atoms with E-state index >= 15 is 0 Å². The lowest BCUT2D eigenvalue weighted by atomic mass is 9.79. The third-order valence-electron chi connectivity index (χ3n) is 2.81. The number of ether oxygens (including phenoxy) is 1. The van der Waals surface area contributed by atoms with E-state index < -0.39 is 0 Å². The predicted molar refractivity (Wildman–Crippen MR) is 51.8 cm³/mol. The molecule has 5 nitrogen and oxygen atoms in total. The van der Waals surface area contributed by atoms with Gasteiger partial charge in [-0.15, -0.1) is 0 Å². The maximum atomic E-state index is 11.3. The Balaban J connectivity index is 2.41. The topological polar surface area (TPSA) is 81.0 Å². The SMILES string of the molecule is COC1(c2ncc(N)c(=O)[nH]2)CCC1. The van der Waals surface area contributed by atoms with Crippen molar-refractivity contribution in [1.29, 1.82) is 0 Å². The van der Waals surface area contributed by atoms with Crippen molar-refractivity contribution < 1.29 is 4.74 Å². The lowest BCUT2D eigenvalue weighted by molar-refractivity contribution is -0.0847. The van der Waals surface area contributed by atoms with Crippen LogP contribution in [0.3, 0.4) is 0 Å². The van der Waals surface area contributed by atoms with Gasteiger partial charge in [-0.3, -0.25) is 4.79 Å². The standard InChI is InChI=1S/C9H13N3O2/c1-14-9(3-2-4-9)8-11-5-6(10)7(13)12-8/h5H,2-4,10H2,1H3,(H,11,12,13). The number of nitrogens with one attached hydrogen (secondary N) is 1. The Morgan fingerprint density at radius 3 is 2.79 bits per heavy atom. The number of nitrogens with zero attached hydrogens (tertiary/aromatic N) is 1. The molecule has 1 saturated carbocycles. The lowest BCUT2D eigenvalue weighted by Crippen LogP contribution is -2.39. The Kier molecular flexibility index (Phi) is 2.03. The molecule has 0 bridgehead atoms. The number of rotatable bonds is 2. The second kappa shape index (κ2) is 3.09. The summed E-state index contributed by atoms with van der Waals surface area (Å²) < 4.78 is 5.38. The summed E-state index contributed by atoms with van der Waals surface area (Å²) in [5.74, 6) is 0.588. The van der Waals surface area contributed by atoms with Gasteiger partial charge in [0.2, 0.25) is 0 Å². The maximum Gasteiger partial charge on any atom is 0.274 e. The van der Waals surface area contributed by atoms with Crippen LogP contribution in [0.5, 0.6) is 0 Å². The number of methoxy groups -OCH3 is 1. The van der Waals surface area contributed by atoms with Gasteiger partial charge in [-0.25, -0.2) is 4.98 Å². The Bertz CT molecular complexity index is 390. The Hall–Kier alpha value is -1.36. The largest absolute Gasteiger partial charge is 0.393 e. The number of aromatic amines is 1. The molecule has 0 saturated heterocycles. The first-order valence-electron chi connectivity index (χ1n) is 4.58. The van der Waals surface area contributed by atoms with Gasteiger partial charge in [0.25, 0.3) is 5.56 Å². The van der Waals surface area contributed by atoms with Crippen LogP contribution >= 0.6 is 0 Å². The minimum absolute atomic E-state index is 0.138. The molecule has 2 rings (SSSR count). The van der Waals surface area contributed by atoms with E-state index in [0.29, 0.717) is 5.82 Å². The van der Waals surface area contributed by atoms with Gasteiger partial charge in [-0.2, -0.15) is 0 Å². The number of anilines is 1. The molecule has 76 valence electrons. The monoisotopic (exact) mass is 195 g/mol. The van der Waals surface area contributed by atoms with Gasteiger partial charge in [0, 0.05) is 7.11 Å². The second-order valence-electron chi connectivity index (χ2n) is 3.57. The fourth-order valence-corrected chi connectivity index (χ4v) is 1.67. The van der Waals surface area contributed by atoms with Crippen LogP contribution in [0.1, 0.15) is 25.1 Å². The van der Waals surface area contributed by atoms with Crippen molar-refractivity contribution in [3.05, 3.63) is 22.4 Å². The van der Waals surface area contributed by atoms with Gasteiger partial charge in [0.1, 0.15) is 17.1 Å². The molecule has 0 radical (unpaired) electrons. The van der Waals surface area contributed by atoms with E-state index in [1.807, 2.05) is 0 Å². The normalized spacial score (nSPS) is 18.9. The van der Waals surface area contributed by atoms with Crippen molar-refractivity contribution in [3.8, 4) is 0 Å². The van der Waals surface area contributed by atoms with Crippen molar-refractivity contribution in [2.75, 3.05) is 12.8 Å². The Morgan fingerprint density at radius 2 is 2.36 bits per heavy atom. The first-order chi connectivity index (χ1) is 6.68. The zero-order valence-corrected chi connectivity index (χ0v) is 8.04. The van der Waals surface area contributed by atoms with Crippen LogP contribution in [0.4, 0.5) is 5.69 Å². The number of nitrogens with two attached hydrogens (primary N) is 1. The summed E-state index contributed by atoms with van der Waals surface area (Å²) in [5, 5.41) is 0. The molecule has 5 heteroatoms. The molecule has 1 aliphatic carbocycles. The Labute approximate surface area is 81.3 Å². The fraction of sp³-hybridized carbons (Fsp3) is 0.556. The number of H-pyrrole nitrogens is 1. The molecule has 0 spiro atoms. The molecule has 3 N–H and O–H groups in total. The van der Waals surface area contributed by atoms with Crippen LogP contribution in [0.15, 0.2) is 11.0 Å². The highest BCUT2D eigenvalue weighted by molar-refractivity contribution is 5.31. The molecule has 0 unspecified atom stereocenters. The number of hydrogen-bond acceptors (Lipinski definition) is 4. The summed E-state index contributed by atoms with van der Waals surface area (Å²) in [7, 11) is 1.63. The molecule has 1 heterocycles. The quantitative estimate of drug-likeness (QED) is 0.714. The van der Waals surface area contributed by atoms with Gasteiger partial charge in [-0.05, 0) is 19.3 Å². The van der Waals surface area contributed by atoms with E-state index in [1.165, 1.54) is 6.20 Å². The van der Waals surface area contributed by atoms with Crippen molar-refractivity contribution in [2.45, 2.75) is 24.9 Å². The van der Waals surface area contributed by atoms with E-state index in [1.54, 1.807) is 7.11 Å². The Morgan fingerprint density at radius 1 is 1.64 bits per heavy atom. The maximum absolute atomic E-state index is 11.3. The van der Waals surface area contributed by atoms with Crippen molar-refractivity contribution in [2.24, 2.45) is 0 Å². The summed E-state index contributed by atoms with van der Waals surface area (Å²) >= 11 is 0. The zero-order chi connectivity index (χ0) is 10.2. The molecule has 1 aromatic heterocycles. The first-order valence-corrected chi connectivity index (χ1v) is 4.58. The highest BCUT2D eigenvalue weighted by atomic mass is 16.5. The third-order valence-corrected chi connectivity index (χ3v) is 2.81. The minimum Gasteiger partial charge on any atom is -0.393 e. The summed E-state index contributed by atoms with van der Waals surface area (Å²) in [5.41, 5.74) is 4.85. The predicted octanol–water partition coefficient (Wildman–Crippen LogP) is 0.378. The molecule has 14 heavy (non-hydrogen) atoms. The van der Waals surface area contributed by atoms with Crippen LogP contribution in [0, 0.1) is 0 Å². The van der Waals surface area contributed by atoms with Crippen molar-refractivity contribution in [3.63, 3.8) is 0 Å². The number of hydrogen-bond donors (Lipinski definition) is 2.